The Morgan fingerprint density at radius 2 is 1.84 bits per heavy atom. The van der Waals surface area contributed by atoms with E-state index in [1.165, 1.54) is 27.3 Å². The molecule has 70 heavy (non-hydrogen) atoms. The second-order valence-electron chi connectivity index (χ2n) is 20.9. The van der Waals surface area contributed by atoms with Gasteiger partial charge >= 0.3 is 12.0 Å². The summed E-state index contributed by atoms with van der Waals surface area (Å²) < 4.78 is 14.3. The molecule has 1 aromatic carbocycles. The van der Waals surface area contributed by atoms with Crippen LogP contribution in [0.3, 0.4) is 0 Å². The van der Waals surface area contributed by atoms with E-state index in [-0.39, 0.29) is 42.4 Å². The third kappa shape index (κ3) is 10.4. The van der Waals surface area contributed by atoms with Crippen LogP contribution in [0, 0.1) is 16.7 Å². The Morgan fingerprint density at radius 1 is 1.07 bits per heavy atom. The number of hydrogen-bond acceptors (Lipinski definition) is 11. The number of aryl methyl sites for hydroxylation is 1. The van der Waals surface area contributed by atoms with E-state index in [2.05, 4.69) is 66.9 Å². The van der Waals surface area contributed by atoms with Gasteiger partial charge in [-0.2, -0.15) is 0 Å². The van der Waals surface area contributed by atoms with Gasteiger partial charge in [-0.1, -0.05) is 40.3 Å². The van der Waals surface area contributed by atoms with E-state index in [0.29, 0.717) is 63.5 Å². The van der Waals surface area contributed by atoms with Crippen LogP contribution in [0.2, 0.25) is 0 Å². The molecular formula is C53H71N9O7S. The zero-order valence-corrected chi connectivity index (χ0v) is 43.0. The van der Waals surface area contributed by atoms with E-state index in [9.17, 15) is 24.0 Å². The first-order valence-electron chi connectivity index (χ1n) is 25.0. The molecule has 6 bridgehead atoms. The quantitative estimate of drug-likeness (QED) is 0.130. The molecule has 3 saturated heterocycles. The zero-order chi connectivity index (χ0) is 50.1. The third-order valence-electron chi connectivity index (χ3n) is 15.0. The van der Waals surface area contributed by atoms with Crippen molar-refractivity contribution in [3.8, 4) is 22.5 Å². The summed E-state index contributed by atoms with van der Waals surface area (Å²) in [5, 5.41) is 8.20. The molecule has 4 aliphatic heterocycles. The number of amides is 5. The average Bonchev–Trinajstić information content (AvgIpc) is 3.95. The number of carbonyl (C=O) groups excluding carboxylic acids is 5. The summed E-state index contributed by atoms with van der Waals surface area (Å²) >= 11 is 1.42. The predicted molar refractivity (Wildman–Crippen MR) is 270 cm³/mol. The standard InChI is InChI=1S/C53H71N9O7S/c1-10-44(63)60-23-14-19-53(31-60)20-25-59(26-21-53)51(67)58(8)46(33(3)4)48(64)56-40-28-43-55-41(30-70-43)35-17-18-42-37(27-35)38(47(61(42)11-2)36-15-12-22-54-45(36)34(5)68-9)29-52(6,7)32-69-50(66)39-16-13-24-62(57-39)49(40)65/h10,12,15,17-18,22,27,30,33-34,39-40,46,57H,1,11,13-14,16,19-21,23-26,28-29,31-32H2,2-9H3,(H,56,64)/t34-,39?,40-,46-/m0/s1. The number of nitrogens with one attached hydrogen (secondary N) is 2. The molecule has 17 heteroatoms. The molecule has 4 aromatic rings. The number of pyridine rings is 1. The van der Waals surface area contributed by atoms with Crippen molar-refractivity contribution in [2.75, 3.05) is 53.5 Å². The summed E-state index contributed by atoms with van der Waals surface area (Å²) in [6, 6.07) is 7.44. The van der Waals surface area contributed by atoms with Crippen molar-refractivity contribution < 1.29 is 33.4 Å². The van der Waals surface area contributed by atoms with Crippen LogP contribution in [0.15, 0.2) is 54.6 Å². The van der Waals surface area contributed by atoms with Crippen molar-refractivity contribution in [2.45, 2.75) is 124 Å². The number of urea groups is 1. The number of benzene rings is 1. The molecule has 4 aliphatic rings. The molecule has 1 spiro atoms. The van der Waals surface area contributed by atoms with Crippen LogP contribution in [-0.4, -0.2) is 136 Å². The maximum atomic E-state index is 14.7. The highest BCUT2D eigenvalue weighted by molar-refractivity contribution is 7.10. The smallest absolute Gasteiger partial charge is 0.324 e. The van der Waals surface area contributed by atoms with Gasteiger partial charge in [0.1, 0.15) is 18.1 Å². The largest absolute Gasteiger partial charge is 0.464 e. The Kier molecular flexibility index (Phi) is 15.2. The Labute approximate surface area is 416 Å². The van der Waals surface area contributed by atoms with Gasteiger partial charge < -0.3 is 34.1 Å². The third-order valence-corrected chi connectivity index (χ3v) is 15.9. The fraction of sp³-hybridized carbons (Fsp3) is 0.566. The molecule has 3 fully saturated rings. The highest BCUT2D eigenvalue weighted by Crippen LogP contribution is 2.43. The van der Waals surface area contributed by atoms with Gasteiger partial charge in [0.25, 0.3) is 5.91 Å². The van der Waals surface area contributed by atoms with Crippen LogP contribution < -0.4 is 10.7 Å². The summed E-state index contributed by atoms with van der Waals surface area (Å²) in [7, 11) is 3.34. The lowest BCUT2D eigenvalue weighted by atomic mass is 9.72. The van der Waals surface area contributed by atoms with Gasteiger partial charge in [0.2, 0.25) is 11.8 Å². The molecule has 0 radical (unpaired) electrons. The SMILES string of the molecule is C=CC(=O)N1CCCC2(CCN(C(=O)N(C)[C@H](C(=O)N[C@H]3Cc4nc(cs4)-c4ccc5c(c4)c(c(-c4cccnc4[C@H](C)OC)n5CC)CC(C)(C)COC(=O)C4CCCN(N4)C3=O)C(C)C)CC2)C1. The fourth-order valence-electron chi connectivity index (χ4n) is 11.2. The number of piperidine rings is 2. The lowest BCUT2D eigenvalue weighted by molar-refractivity contribution is -0.155. The van der Waals surface area contributed by atoms with Gasteiger partial charge in [-0.05, 0) is 106 Å². The lowest BCUT2D eigenvalue weighted by Crippen LogP contribution is -2.62. The molecule has 8 rings (SSSR count). The molecule has 7 heterocycles. The fourth-order valence-corrected chi connectivity index (χ4v) is 12.0. The number of rotatable bonds is 9. The number of nitrogens with zero attached hydrogens (tertiary/aromatic N) is 7. The predicted octanol–water partition coefficient (Wildman–Crippen LogP) is 7.17. The number of thiazole rings is 1. The monoisotopic (exact) mass is 978 g/mol. The van der Waals surface area contributed by atoms with Crippen LogP contribution in [0.1, 0.15) is 102 Å². The number of ether oxygens (including phenoxy) is 2. The number of likely N-dealkylation sites (N-methyl/N-ethyl adjacent to an activating group) is 1. The second kappa shape index (κ2) is 21.0. The zero-order valence-electron chi connectivity index (χ0n) is 42.2. The summed E-state index contributed by atoms with van der Waals surface area (Å²) in [6.07, 6.45) is 8.02. The molecular weight excluding hydrogens is 907 g/mol. The molecule has 376 valence electrons. The molecule has 4 atom stereocenters. The first kappa shape index (κ1) is 50.7. The number of aromatic nitrogens is 3. The molecule has 3 aromatic heterocycles. The van der Waals surface area contributed by atoms with Crippen LogP contribution >= 0.6 is 11.3 Å². The molecule has 16 nitrogen and oxygen atoms in total. The van der Waals surface area contributed by atoms with E-state index in [1.807, 2.05) is 37.1 Å². The van der Waals surface area contributed by atoms with Gasteiger partial charge in [-0.3, -0.25) is 29.2 Å². The number of likely N-dealkylation sites (tertiary alicyclic amines) is 2. The van der Waals surface area contributed by atoms with Crippen LogP contribution in [-0.2, 0) is 48.0 Å². The second-order valence-corrected chi connectivity index (χ2v) is 21.9. The van der Waals surface area contributed by atoms with Crippen LogP contribution in [0.4, 0.5) is 4.79 Å². The average molecular weight is 978 g/mol. The van der Waals surface area contributed by atoms with E-state index in [4.69, 9.17) is 19.4 Å². The van der Waals surface area contributed by atoms with Crippen molar-refractivity contribution in [1.29, 1.82) is 0 Å². The van der Waals surface area contributed by atoms with Crippen molar-refractivity contribution >= 4 is 52.0 Å². The van der Waals surface area contributed by atoms with Gasteiger partial charge in [0.15, 0.2) is 0 Å². The first-order valence-corrected chi connectivity index (χ1v) is 25.9. The Morgan fingerprint density at radius 3 is 2.56 bits per heavy atom. The Balaban J connectivity index is 1.10. The number of cyclic esters (lactones) is 1. The van der Waals surface area contributed by atoms with Crippen LogP contribution in [0.5, 0.6) is 0 Å². The minimum absolute atomic E-state index is 0.0527. The number of fused-ring (bicyclic) bond motifs is 6. The maximum Gasteiger partial charge on any atom is 0.324 e. The normalized spacial score (nSPS) is 21.5. The maximum absolute atomic E-state index is 14.7. The van der Waals surface area contributed by atoms with Crippen molar-refractivity contribution in [3.05, 3.63) is 70.8 Å². The van der Waals surface area contributed by atoms with Crippen molar-refractivity contribution in [1.82, 2.24) is 45.0 Å². The highest BCUT2D eigenvalue weighted by atomic mass is 32.1. The summed E-state index contributed by atoms with van der Waals surface area (Å²) in [5.74, 6) is -1.67. The van der Waals surface area contributed by atoms with E-state index in [1.54, 1.807) is 25.3 Å². The van der Waals surface area contributed by atoms with Gasteiger partial charge in [-0.25, -0.2) is 15.2 Å². The van der Waals surface area contributed by atoms with Gasteiger partial charge in [0, 0.05) is 98.9 Å². The Hall–Kier alpha value is -5.65. The number of esters is 1. The minimum Gasteiger partial charge on any atom is -0.464 e. The van der Waals surface area contributed by atoms with E-state index >= 15 is 0 Å². The molecule has 5 amide bonds. The Bertz CT molecular complexity index is 2610. The molecule has 2 N–H and O–H groups in total. The van der Waals surface area contributed by atoms with Gasteiger partial charge in [-0.15, -0.1) is 11.3 Å². The first-order chi connectivity index (χ1) is 33.5. The number of hydrazine groups is 1. The number of carbonyl (C=O) groups is 5. The summed E-state index contributed by atoms with van der Waals surface area (Å²) in [5.41, 5.74) is 9.27. The topological polar surface area (TPSA) is 172 Å². The summed E-state index contributed by atoms with van der Waals surface area (Å²) in [4.78, 5) is 85.2. The highest BCUT2D eigenvalue weighted by Gasteiger charge is 2.43. The number of hydrogen-bond donors (Lipinski definition) is 2. The molecule has 0 saturated carbocycles. The van der Waals surface area contributed by atoms with Gasteiger partial charge in [0.05, 0.1) is 34.8 Å². The van der Waals surface area contributed by atoms with Crippen molar-refractivity contribution in [3.63, 3.8) is 0 Å². The minimum atomic E-state index is -1.07. The van der Waals surface area contributed by atoms with Crippen LogP contribution in [0.25, 0.3) is 33.4 Å². The lowest BCUT2D eigenvalue weighted by Gasteiger charge is -2.48. The van der Waals surface area contributed by atoms with Crippen molar-refractivity contribution in [2.24, 2.45) is 16.7 Å². The summed E-state index contributed by atoms with van der Waals surface area (Å²) in [6.45, 7) is 19.3. The molecule has 1 unspecified atom stereocenters. The van der Waals surface area contributed by atoms with E-state index in [0.717, 1.165) is 70.4 Å². The number of methoxy groups -OCH3 is 1. The van der Waals surface area contributed by atoms with E-state index < -0.39 is 41.3 Å². The molecule has 0 aliphatic carbocycles.